The van der Waals surface area contributed by atoms with Crippen molar-refractivity contribution in [3.8, 4) is 5.75 Å². The van der Waals surface area contributed by atoms with Crippen molar-refractivity contribution in [2.75, 3.05) is 52.4 Å². The minimum Gasteiger partial charge on any atom is -0.494 e. The summed E-state index contributed by atoms with van der Waals surface area (Å²) in [6.45, 7) is 11.0. The standard InChI is InChI=1S/C18H29N3O/c1-2-22-17-7-5-16(6-8-17)18(21-11-3-4-12-21)15-20-13-9-19-10-14-20/h5-8,18-19H,2-4,9-15H2,1H3. The zero-order valence-electron chi connectivity index (χ0n) is 13.8. The van der Waals surface area contributed by atoms with Crippen molar-refractivity contribution in [2.45, 2.75) is 25.8 Å². The maximum Gasteiger partial charge on any atom is 0.119 e. The molecule has 0 aromatic heterocycles. The normalized spacial score (nSPS) is 21.9. The molecule has 1 atom stereocenters. The summed E-state index contributed by atoms with van der Waals surface area (Å²) in [6, 6.07) is 9.29. The fraction of sp³-hybridized carbons (Fsp3) is 0.667. The maximum absolute atomic E-state index is 5.58. The maximum atomic E-state index is 5.58. The lowest BCUT2D eigenvalue weighted by Gasteiger charge is -2.35. The molecule has 2 heterocycles. The molecule has 0 spiro atoms. The van der Waals surface area contributed by atoms with Gasteiger partial charge in [0.05, 0.1) is 6.61 Å². The second-order valence-corrected chi connectivity index (χ2v) is 6.31. The van der Waals surface area contributed by atoms with Gasteiger partial charge in [0.2, 0.25) is 0 Å². The average Bonchev–Trinajstić information content (AvgIpc) is 3.09. The van der Waals surface area contributed by atoms with E-state index in [4.69, 9.17) is 4.74 Å². The molecule has 2 fully saturated rings. The fourth-order valence-electron chi connectivity index (χ4n) is 3.58. The van der Waals surface area contributed by atoms with Crippen LogP contribution in [0.3, 0.4) is 0 Å². The smallest absolute Gasteiger partial charge is 0.119 e. The highest BCUT2D eigenvalue weighted by Gasteiger charge is 2.26. The summed E-state index contributed by atoms with van der Waals surface area (Å²) in [6.07, 6.45) is 2.68. The molecule has 1 N–H and O–H groups in total. The number of nitrogens with zero attached hydrogens (tertiary/aromatic N) is 2. The first-order chi connectivity index (χ1) is 10.9. The highest BCUT2D eigenvalue weighted by atomic mass is 16.5. The van der Waals surface area contributed by atoms with E-state index < -0.39 is 0 Å². The molecule has 4 heteroatoms. The molecule has 22 heavy (non-hydrogen) atoms. The lowest BCUT2D eigenvalue weighted by atomic mass is 10.0. The van der Waals surface area contributed by atoms with E-state index in [1.165, 1.54) is 44.6 Å². The zero-order valence-corrected chi connectivity index (χ0v) is 13.8. The van der Waals surface area contributed by atoms with Crippen LogP contribution >= 0.6 is 0 Å². The molecular formula is C18H29N3O. The number of nitrogens with one attached hydrogen (secondary N) is 1. The monoisotopic (exact) mass is 303 g/mol. The number of benzene rings is 1. The topological polar surface area (TPSA) is 27.7 Å². The van der Waals surface area contributed by atoms with Crippen molar-refractivity contribution in [2.24, 2.45) is 0 Å². The number of likely N-dealkylation sites (tertiary alicyclic amines) is 1. The summed E-state index contributed by atoms with van der Waals surface area (Å²) in [5.74, 6) is 0.980. The van der Waals surface area contributed by atoms with Crippen LogP contribution in [-0.4, -0.2) is 62.2 Å². The van der Waals surface area contributed by atoms with Crippen LogP contribution in [0.1, 0.15) is 31.4 Å². The molecule has 0 amide bonds. The van der Waals surface area contributed by atoms with Gasteiger partial charge in [-0.1, -0.05) is 12.1 Å². The molecule has 0 saturated carbocycles. The lowest BCUT2D eigenvalue weighted by Crippen LogP contribution is -2.47. The third-order valence-corrected chi connectivity index (χ3v) is 4.80. The van der Waals surface area contributed by atoms with E-state index in [0.29, 0.717) is 6.04 Å². The van der Waals surface area contributed by atoms with Gasteiger partial charge >= 0.3 is 0 Å². The van der Waals surface area contributed by atoms with Crippen LogP contribution in [0, 0.1) is 0 Å². The summed E-state index contributed by atoms with van der Waals surface area (Å²) in [4.78, 5) is 5.27. The van der Waals surface area contributed by atoms with Gasteiger partial charge in [-0.2, -0.15) is 0 Å². The van der Waals surface area contributed by atoms with Gasteiger partial charge < -0.3 is 10.1 Å². The highest BCUT2D eigenvalue weighted by molar-refractivity contribution is 5.29. The Morgan fingerprint density at radius 2 is 1.73 bits per heavy atom. The van der Waals surface area contributed by atoms with Crippen LogP contribution in [0.25, 0.3) is 0 Å². The predicted octanol–water partition coefficient (Wildman–Crippen LogP) is 2.13. The Morgan fingerprint density at radius 3 is 2.36 bits per heavy atom. The van der Waals surface area contributed by atoms with E-state index in [2.05, 4.69) is 39.4 Å². The second-order valence-electron chi connectivity index (χ2n) is 6.31. The van der Waals surface area contributed by atoms with E-state index in [1.54, 1.807) is 0 Å². The number of ether oxygens (including phenoxy) is 1. The van der Waals surface area contributed by atoms with Gasteiger partial charge in [0.25, 0.3) is 0 Å². The second kappa shape index (κ2) is 7.95. The number of hydrogen-bond acceptors (Lipinski definition) is 4. The SMILES string of the molecule is CCOc1ccc(C(CN2CCNCC2)N2CCCC2)cc1. The Morgan fingerprint density at radius 1 is 1.05 bits per heavy atom. The molecule has 0 radical (unpaired) electrons. The predicted molar refractivity (Wildman–Crippen MR) is 90.5 cm³/mol. The van der Waals surface area contributed by atoms with Gasteiger partial charge in [-0.15, -0.1) is 0 Å². The number of piperazine rings is 1. The van der Waals surface area contributed by atoms with E-state index in [9.17, 15) is 0 Å². The number of rotatable bonds is 6. The van der Waals surface area contributed by atoms with E-state index in [1.807, 2.05) is 6.92 Å². The Kier molecular flexibility index (Phi) is 5.70. The number of hydrogen-bond donors (Lipinski definition) is 1. The summed E-state index contributed by atoms with van der Waals surface area (Å²) in [7, 11) is 0. The molecule has 1 unspecified atom stereocenters. The molecule has 1 aromatic rings. The first-order valence-corrected chi connectivity index (χ1v) is 8.76. The minimum absolute atomic E-state index is 0.524. The molecule has 122 valence electrons. The van der Waals surface area contributed by atoms with Crippen LogP contribution < -0.4 is 10.1 Å². The highest BCUT2D eigenvalue weighted by Crippen LogP contribution is 2.27. The third-order valence-electron chi connectivity index (χ3n) is 4.80. The van der Waals surface area contributed by atoms with Crippen LogP contribution in [0.5, 0.6) is 5.75 Å². The van der Waals surface area contributed by atoms with Crippen molar-refractivity contribution >= 4 is 0 Å². The Hall–Kier alpha value is -1.10. The largest absolute Gasteiger partial charge is 0.494 e. The summed E-state index contributed by atoms with van der Waals surface area (Å²) < 4.78 is 5.58. The van der Waals surface area contributed by atoms with Crippen molar-refractivity contribution in [1.29, 1.82) is 0 Å². The Labute approximate surface area is 134 Å². The van der Waals surface area contributed by atoms with Crippen molar-refractivity contribution in [1.82, 2.24) is 15.1 Å². The zero-order chi connectivity index (χ0) is 15.2. The average molecular weight is 303 g/mol. The minimum atomic E-state index is 0.524. The third kappa shape index (κ3) is 4.00. The molecule has 1 aromatic carbocycles. The quantitative estimate of drug-likeness (QED) is 0.871. The van der Waals surface area contributed by atoms with Gasteiger partial charge in [0.1, 0.15) is 5.75 Å². The first-order valence-electron chi connectivity index (χ1n) is 8.76. The van der Waals surface area contributed by atoms with Crippen LogP contribution in [0.15, 0.2) is 24.3 Å². The summed E-state index contributed by atoms with van der Waals surface area (Å²) in [5, 5.41) is 3.45. The summed E-state index contributed by atoms with van der Waals surface area (Å²) in [5.41, 5.74) is 1.43. The van der Waals surface area contributed by atoms with E-state index in [-0.39, 0.29) is 0 Å². The Bertz CT molecular complexity index is 436. The fourth-order valence-corrected chi connectivity index (χ4v) is 3.58. The van der Waals surface area contributed by atoms with Crippen LogP contribution in [0.4, 0.5) is 0 Å². The van der Waals surface area contributed by atoms with Gasteiger partial charge in [0.15, 0.2) is 0 Å². The molecule has 4 nitrogen and oxygen atoms in total. The van der Waals surface area contributed by atoms with Crippen molar-refractivity contribution in [3.05, 3.63) is 29.8 Å². The lowest BCUT2D eigenvalue weighted by molar-refractivity contribution is 0.149. The van der Waals surface area contributed by atoms with Crippen LogP contribution in [-0.2, 0) is 0 Å². The van der Waals surface area contributed by atoms with Crippen molar-refractivity contribution < 1.29 is 4.74 Å². The molecule has 2 saturated heterocycles. The van der Waals surface area contributed by atoms with Gasteiger partial charge in [0, 0.05) is 38.8 Å². The van der Waals surface area contributed by atoms with Crippen LogP contribution in [0.2, 0.25) is 0 Å². The molecule has 2 aliphatic heterocycles. The molecule has 3 rings (SSSR count). The van der Waals surface area contributed by atoms with Gasteiger partial charge in [-0.3, -0.25) is 9.80 Å². The molecule has 2 aliphatic rings. The van der Waals surface area contributed by atoms with E-state index >= 15 is 0 Å². The molecule has 0 aliphatic carbocycles. The molecule has 0 bridgehead atoms. The van der Waals surface area contributed by atoms with Gasteiger partial charge in [-0.05, 0) is 50.6 Å². The van der Waals surface area contributed by atoms with Crippen molar-refractivity contribution in [3.63, 3.8) is 0 Å². The van der Waals surface area contributed by atoms with E-state index in [0.717, 1.165) is 32.0 Å². The summed E-state index contributed by atoms with van der Waals surface area (Å²) >= 11 is 0. The first kappa shape index (κ1) is 15.8. The van der Waals surface area contributed by atoms with Gasteiger partial charge in [-0.25, -0.2) is 0 Å². The Balaban J connectivity index is 1.71. The molecular weight excluding hydrogens is 274 g/mol.